The lowest BCUT2D eigenvalue weighted by atomic mass is 10.1. The summed E-state index contributed by atoms with van der Waals surface area (Å²) in [5, 5.41) is 4.19. The Balaban J connectivity index is 1.60. The molecule has 0 aliphatic carbocycles. The van der Waals surface area contributed by atoms with Gasteiger partial charge in [-0.1, -0.05) is 23.4 Å². The van der Waals surface area contributed by atoms with Crippen LogP contribution >= 0.6 is 23.4 Å². The zero-order chi connectivity index (χ0) is 23.2. The van der Waals surface area contributed by atoms with Crippen molar-refractivity contribution in [3.63, 3.8) is 0 Å². The summed E-state index contributed by atoms with van der Waals surface area (Å²) < 4.78 is 16.1. The molecule has 0 aliphatic rings. The fourth-order valence-electron chi connectivity index (χ4n) is 3.18. The summed E-state index contributed by atoms with van der Waals surface area (Å²) in [6, 6.07) is 16.6. The Labute approximate surface area is 200 Å². The average molecular weight is 484 g/mol. The Bertz CT molecular complexity index is 1220. The molecule has 1 amide bonds. The summed E-state index contributed by atoms with van der Waals surface area (Å²) in [5.74, 6) is 2.69. The van der Waals surface area contributed by atoms with Gasteiger partial charge in [0.1, 0.15) is 16.6 Å². The average Bonchev–Trinajstić information content (AvgIpc) is 3.51. The molecular weight excluding hydrogens is 462 g/mol. The Morgan fingerprint density at radius 3 is 2.55 bits per heavy atom. The van der Waals surface area contributed by atoms with E-state index >= 15 is 0 Å². The minimum atomic E-state index is -0.120. The van der Waals surface area contributed by atoms with Gasteiger partial charge in [0.05, 0.1) is 38.5 Å². The van der Waals surface area contributed by atoms with Gasteiger partial charge in [-0.05, 0) is 54.6 Å². The molecule has 0 atom stereocenters. The van der Waals surface area contributed by atoms with Gasteiger partial charge < -0.3 is 24.2 Å². The van der Waals surface area contributed by atoms with E-state index < -0.39 is 0 Å². The molecule has 0 aliphatic heterocycles. The second kappa shape index (κ2) is 10.5. The molecule has 0 bridgehead atoms. The van der Waals surface area contributed by atoms with Crippen LogP contribution in [0.25, 0.3) is 22.6 Å². The zero-order valence-corrected chi connectivity index (χ0v) is 19.6. The number of ether oxygens (including phenoxy) is 2. The number of rotatable bonds is 9. The molecule has 33 heavy (non-hydrogen) atoms. The number of amides is 1. The van der Waals surface area contributed by atoms with Crippen LogP contribution in [0.15, 0.2) is 70.3 Å². The molecule has 0 unspecified atom stereocenters. The lowest BCUT2D eigenvalue weighted by Crippen LogP contribution is -2.24. The van der Waals surface area contributed by atoms with E-state index in [2.05, 4.69) is 10.3 Å². The summed E-state index contributed by atoms with van der Waals surface area (Å²) in [6.07, 6.45) is 1.58. The van der Waals surface area contributed by atoms with Crippen LogP contribution in [0.2, 0.25) is 5.02 Å². The minimum absolute atomic E-state index is 0.120. The van der Waals surface area contributed by atoms with Crippen molar-refractivity contribution in [3.8, 4) is 34.1 Å². The third-order valence-corrected chi connectivity index (χ3v) is 6.07. The first kappa shape index (κ1) is 22.8. The number of carbonyl (C=O) groups excluding carboxylic acids is 1. The number of hydrogen-bond acceptors (Lipinski definition) is 6. The van der Waals surface area contributed by atoms with Gasteiger partial charge in [0.25, 0.3) is 0 Å². The number of aromatic amines is 1. The number of furan rings is 1. The highest BCUT2D eigenvalue weighted by Gasteiger charge is 2.17. The molecular formula is C24H22ClN3O4S. The van der Waals surface area contributed by atoms with Crippen LogP contribution in [0.3, 0.4) is 0 Å². The van der Waals surface area contributed by atoms with Crippen LogP contribution in [0, 0.1) is 0 Å². The fraction of sp³-hybridized carbons (Fsp3) is 0.167. The number of hydrogen-bond donors (Lipinski definition) is 2. The van der Waals surface area contributed by atoms with Crippen molar-refractivity contribution in [1.82, 2.24) is 15.3 Å². The third kappa shape index (κ3) is 5.53. The van der Waals surface area contributed by atoms with Crippen LogP contribution in [-0.4, -0.2) is 35.8 Å². The van der Waals surface area contributed by atoms with Crippen molar-refractivity contribution in [3.05, 3.63) is 71.6 Å². The van der Waals surface area contributed by atoms with E-state index in [1.165, 1.54) is 11.8 Å². The second-order valence-corrected chi connectivity index (χ2v) is 8.39. The number of imidazole rings is 1. The topological polar surface area (TPSA) is 89.4 Å². The van der Waals surface area contributed by atoms with E-state index in [0.29, 0.717) is 39.7 Å². The molecule has 2 N–H and O–H groups in total. The van der Waals surface area contributed by atoms with Crippen molar-refractivity contribution < 1.29 is 18.7 Å². The van der Waals surface area contributed by atoms with Crippen LogP contribution in [0.1, 0.15) is 5.76 Å². The SMILES string of the molecule is COc1ccc(-c2[nH]c(-c3ccc(Cl)cc3)nc2SCC(=O)NCc2ccco2)cc1OC. The van der Waals surface area contributed by atoms with Gasteiger partial charge in [-0.25, -0.2) is 4.98 Å². The summed E-state index contributed by atoms with van der Waals surface area (Å²) in [5.41, 5.74) is 2.53. The first-order valence-electron chi connectivity index (χ1n) is 10.1. The summed E-state index contributed by atoms with van der Waals surface area (Å²) in [6.45, 7) is 0.339. The predicted octanol–water partition coefficient (Wildman–Crippen LogP) is 5.42. The molecule has 170 valence electrons. The molecule has 7 nitrogen and oxygen atoms in total. The lowest BCUT2D eigenvalue weighted by Gasteiger charge is -2.09. The van der Waals surface area contributed by atoms with Gasteiger partial charge in [0.15, 0.2) is 11.5 Å². The number of thioether (sulfide) groups is 1. The van der Waals surface area contributed by atoms with Crippen molar-refractivity contribution in [2.24, 2.45) is 0 Å². The Morgan fingerprint density at radius 1 is 1.09 bits per heavy atom. The Morgan fingerprint density at radius 2 is 1.85 bits per heavy atom. The number of nitrogens with one attached hydrogen (secondary N) is 2. The number of carbonyl (C=O) groups is 1. The summed E-state index contributed by atoms with van der Waals surface area (Å²) in [7, 11) is 3.18. The Hall–Kier alpha value is -3.36. The monoisotopic (exact) mass is 483 g/mol. The van der Waals surface area contributed by atoms with Gasteiger partial charge in [-0.15, -0.1) is 0 Å². The highest BCUT2D eigenvalue weighted by Crippen LogP contribution is 2.37. The minimum Gasteiger partial charge on any atom is -0.493 e. The number of methoxy groups -OCH3 is 2. The maximum atomic E-state index is 12.4. The van der Waals surface area contributed by atoms with Gasteiger partial charge in [-0.2, -0.15) is 0 Å². The van der Waals surface area contributed by atoms with Gasteiger partial charge >= 0.3 is 0 Å². The highest BCUT2D eigenvalue weighted by atomic mass is 35.5. The zero-order valence-electron chi connectivity index (χ0n) is 18.1. The molecule has 4 aromatic rings. The number of halogens is 1. The van der Waals surface area contributed by atoms with E-state index in [-0.39, 0.29) is 11.7 Å². The van der Waals surface area contributed by atoms with Crippen LogP contribution in [0.4, 0.5) is 0 Å². The maximum Gasteiger partial charge on any atom is 0.230 e. The van der Waals surface area contributed by atoms with Gasteiger partial charge in [-0.3, -0.25) is 4.79 Å². The van der Waals surface area contributed by atoms with Crippen molar-refractivity contribution >= 4 is 29.3 Å². The van der Waals surface area contributed by atoms with Gasteiger partial charge in [0.2, 0.25) is 5.91 Å². The molecule has 0 saturated carbocycles. The van der Waals surface area contributed by atoms with Crippen LogP contribution in [-0.2, 0) is 11.3 Å². The molecule has 2 heterocycles. The molecule has 2 aromatic heterocycles. The lowest BCUT2D eigenvalue weighted by molar-refractivity contribution is -0.118. The molecule has 2 aromatic carbocycles. The van der Waals surface area contributed by atoms with Crippen molar-refractivity contribution in [1.29, 1.82) is 0 Å². The third-order valence-electron chi connectivity index (χ3n) is 4.84. The van der Waals surface area contributed by atoms with E-state index in [1.807, 2.05) is 48.5 Å². The first-order chi connectivity index (χ1) is 16.1. The molecule has 0 spiro atoms. The van der Waals surface area contributed by atoms with Crippen molar-refractivity contribution in [2.75, 3.05) is 20.0 Å². The second-order valence-electron chi connectivity index (χ2n) is 6.99. The first-order valence-corrected chi connectivity index (χ1v) is 11.4. The molecule has 0 fully saturated rings. The van der Waals surface area contributed by atoms with Gasteiger partial charge in [0, 0.05) is 16.1 Å². The fourth-order valence-corrected chi connectivity index (χ4v) is 4.14. The van der Waals surface area contributed by atoms with E-state index in [0.717, 1.165) is 16.8 Å². The molecule has 9 heteroatoms. The molecule has 4 rings (SSSR count). The molecule has 0 saturated heterocycles. The van der Waals surface area contributed by atoms with E-state index in [1.54, 1.807) is 26.5 Å². The molecule has 0 radical (unpaired) electrons. The van der Waals surface area contributed by atoms with Crippen LogP contribution < -0.4 is 14.8 Å². The smallest absolute Gasteiger partial charge is 0.230 e. The number of H-pyrrole nitrogens is 1. The Kier molecular flexibility index (Phi) is 7.26. The standard InChI is InChI=1S/C24H22ClN3O4S/c1-30-19-10-7-16(12-20(19)31-2)22-24(28-23(27-22)15-5-8-17(25)9-6-15)33-14-21(29)26-13-18-4-3-11-32-18/h3-12H,13-14H2,1-2H3,(H,26,29)(H,27,28). The highest BCUT2D eigenvalue weighted by molar-refractivity contribution is 8.00. The summed E-state index contributed by atoms with van der Waals surface area (Å²) in [4.78, 5) is 20.5. The largest absolute Gasteiger partial charge is 0.493 e. The van der Waals surface area contributed by atoms with E-state index in [4.69, 9.17) is 30.5 Å². The number of nitrogens with zero attached hydrogens (tertiary/aromatic N) is 1. The van der Waals surface area contributed by atoms with E-state index in [9.17, 15) is 4.79 Å². The normalized spacial score (nSPS) is 10.8. The predicted molar refractivity (Wildman–Crippen MR) is 129 cm³/mol. The number of benzene rings is 2. The number of aromatic nitrogens is 2. The van der Waals surface area contributed by atoms with Crippen LogP contribution in [0.5, 0.6) is 11.5 Å². The van der Waals surface area contributed by atoms with Crippen molar-refractivity contribution in [2.45, 2.75) is 11.6 Å². The maximum absolute atomic E-state index is 12.4. The summed E-state index contributed by atoms with van der Waals surface area (Å²) >= 11 is 7.38. The quantitative estimate of drug-likeness (QED) is 0.309.